The van der Waals surface area contributed by atoms with E-state index in [0.717, 1.165) is 6.61 Å². The van der Waals surface area contributed by atoms with Crippen molar-refractivity contribution in [3.05, 3.63) is 47.5 Å². The average Bonchev–Trinajstić information content (AvgIpc) is 2.29. The summed E-state index contributed by atoms with van der Waals surface area (Å²) in [5.74, 6) is 0.963. The van der Waals surface area contributed by atoms with Gasteiger partial charge in [-0.15, -0.1) is 0 Å². The molecule has 0 amide bonds. The molecule has 0 spiro atoms. The lowest BCUT2D eigenvalue weighted by atomic mass is 9.86. The molecule has 3 atom stereocenters. The molecule has 0 unspecified atom stereocenters. The first-order valence-electron chi connectivity index (χ1n) is 6.02. The van der Waals surface area contributed by atoms with Crippen LogP contribution in [0.2, 0.25) is 0 Å². The molecule has 1 aliphatic heterocycles. The lowest BCUT2D eigenvalue weighted by Crippen LogP contribution is -2.30. The Morgan fingerprint density at radius 1 is 1.25 bits per heavy atom. The summed E-state index contributed by atoms with van der Waals surface area (Å²) in [6.45, 7) is 7.42. The van der Waals surface area contributed by atoms with Crippen LogP contribution in [0.4, 0.5) is 0 Å². The van der Waals surface area contributed by atoms with Crippen molar-refractivity contribution in [3.63, 3.8) is 0 Å². The van der Waals surface area contributed by atoms with Gasteiger partial charge < -0.3 is 4.74 Å². The lowest BCUT2D eigenvalue weighted by Gasteiger charge is -2.32. The van der Waals surface area contributed by atoms with Crippen LogP contribution in [-0.4, -0.2) is 12.7 Å². The molecule has 0 aromatic heterocycles. The highest BCUT2D eigenvalue weighted by Crippen LogP contribution is 2.30. The molecule has 1 aromatic carbocycles. The number of hydrogen-bond acceptors (Lipinski definition) is 1. The Balaban J connectivity index is 2.14. The minimum absolute atomic E-state index is 0.311. The SMILES string of the molecule is CC1=C[C@@H](C)[C@H]([C@@H](C)c2ccccc2)OC1. The minimum atomic E-state index is 0.311. The zero-order valence-electron chi connectivity index (χ0n) is 10.3. The van der Waals surface area contributed by atoms with Crippen LogP contribution in [0.3, 0.4) is 0 Å². The molecule has 0 saturated carbocycles. The van der Waals surface area contributed by atoms with E-state index in [0.29, 0.717) is 17.9 Å². The molecule has 1 heteroatoms. The summed E-state index contributed by atoms with van der Waals surface area (Å²) < 4.78 is 5.95. The summed E-state index contributed by atoms with van der Waals surface area (Å²) in [6, 6.07) is 10.6. The second kappa shape index (κ2) is 4.84. The van der Waals surface area contributed by atoms with Crippen LogP contribution in [0.15, 0.2) is 42.0 Å². The van der Waals surface area contributed by atoms with Gasteiger partial charge in [-0.25, -0.2) is 0 Å². The van der Waals surface area contributed by atoms with E-state index in [1.54, 1.807) is 0 Å². The summed E-state index contributed by atoms with van der Waals surface area (Å²) >= 11 is 0. The van der Waals surface area contributed by atoms with E-state index in [4.69, 9.17) is 4.74 Å². The van der Waals surface area contributed by atoms with E-state index < -0.39 is 0 Å². The van der Waals surface area contributed by atoms with E-state index in [-0.39, 0.29) is 0 Å². The number of ether oxygens (including phenoxy) is 1. The molecule has 86 valence electrons. The average molecular weight is 216 g/mol. The minimum Gasteiger partial charge on any atom is -0.373 e. The van der Waals surface area contributed by atoms with Crippen molar-refractivity contribution in [1.29, 1.82) is 0 Å². The zero-order valence-corrected chi connectivity index (χ0v) is 10.3. The summed E-state index contributed by atoms with van der Waals surface area (Å²) in [5, 5.41) is 0. The van der Waals surface area contributed by atoms with Gasteiger partial charge in [0, 0.05) is 11.8 Å². The first-order chi connectivity index (χ1) is 7.68. The molecular weight excluding hydrogens is 196 g/mol. The zero-order chi connectivity index (χ0) is 11.5. The van der Waals surface area contributed by atoms with Crippen LogP contribution in [0.25, 0.3) is 0 Å². The fourth-order valence-corrected chi connectivity index (χ4v) is 2.52. The van der Waals surface area contributed by atoms with Crippen molar-refractivity contribution < 1.29 is 4.74 Å². The Morgan fingerprint density at radius 2 is 1.94 bits per heavy atom. The van der Waals surface area contributed by atoms with Crippen molar-refractivity contribution in [3.8, 4) is 0 Å². The second-order valence-corrected chi connectivity index (χ2v) is 4.85. The smallest absolute Gasteiger partial charge is 0.0705 e. The third-order valence-corrected chi connectivity index (χ3v) is 3.39. The number of benzene rings is 1. The summed E-state index contributed by atoms with van der Waals surface area (Å²) in [7, 11) is 0. The summed E-state index contributed by atoms with van der Waals surface area (Å²) in [4.78, 5) is 0. The first-order valence-corrected chi connectivity index (χ1v) is 6.02. The highest BCUT2D eigenvalue weighted by Gasteiger charge is 2.27. The Bertz CT molecular complexity index is 366. The Labute approximate surface area is 98.1 Å². The van der Waals surface area contributed by atoms with Crippen molar-refractivity contribution in [1.82, 2.24) is 0 Å². The Morgan fingerprint density at radius 3 is 2.56 bits per heavy atom. The van der Waals surface area contributed by atoms with Crippen LogP contribution >= 0.6 is 0 Å². The van der Waals surface area contributed by atoms with Gasteiger partial charge in [-0.05, 0) is 12.5 Å². The molecule has 0 fully saturated rings. The third kappa shape index (κ3) is 2.35. The maximum absolute atomic E-state index is 5.95. The predicted molar refractivity (Wildman–Crippen MR) is 67.5 cm³/mol. The molecular formula is C15H20O. The van der Waals surface area contributed by atoms with Gasteiger partial charge in [0.25, 0.3) is 0 Å². The van der Waals surface area contributed by atoms with Gasteiger partial charge in [0.15, 0.2) is 0 Å². The summed E-state index contributed by atoms with van der Waals surface area (Å²) in [6.07, 6.45) is 2.65. The largest absolute Gasteiger partial charge is 0.373 e. The maximum Gasteiger partial charge on any atom is 0.0705 e. The molecule has 0 bridgehead atoms. The van der Waals surface area contributed by atoms with Crippen molar-refractivity contribution in [2.75, 3.05) is 6.61 Å². The molecule has 1 aliphatic rings. The van der Waals surface area contributed by atoms with Gasteiger partial charge in [-0.1, -0.05) is 55.8 Å². The monoisotopic (exact) mass is 216 g/mol. The molecule has 16 heavy (non-hydrogen) atoms. The topological polar surface area (TPSA) is 9.23 Å². The van der Waals surface area contributed by atoms with E-state index in [1.807, 2.05) is 0 Å². The molecule has 0 radical (unpaired) electrons. The standard InChI is InChI=1S/C15H20O/c1-11-9-12(2)15(16-10-11)13(3)14-7-5-4-6-8-14/h4-9,12-13,15H,10H2,1-3H3/t12-,13+,15-/m1/s1. The highest BCUT2D eigenvalue weighted by atomic mass is 16.5. The molecule has 1 nitrogen and oxygen atoms in total. The molecule has 0 saturated heterocycles. The third-order valence-electron chi connectivity index (χ3n) is 3.39. The van der Waals surface area contributed by atoms with Crippen molar-refractivity contribution >= 4 is 0 Å². The number of hydrogen-bond donors (Lipinski definition) is 0. The molecule has 0 N–H and O–H groups in total. The van der Waals surface area contributed by atoms with Gasteiger partial charge in [0.1, 0.15) is 0 Å². The lowest BCUT2D eigenvalue weighted by molar-refractivity contribution is 0.0171. The molecule has 0 aliphatic carbocycles. The Kier molecular flexibility index (Phi) is 3.45. The molecule has 2 rings (SSSR count). The first kappa shape index (κ1) is 11.4. The predicted octanol–water partition coefficient (Wildman–Crippen LogP) is 3.77. The Hall–Kier alpha value is -1.08. The number of rotatable bonds is 2. The van der Waals surface area contributed by atoms with Gasteiger partial charge in [0.05, 0.1) is 12.7 Å². The van der Waals surface area contributed by atoms with E-state index in [1.165, 1.54) is 11.1 Å². The molecule has 1 heterocycles. The van der Waals surface area contributed by atoms with E-state index in [2.05, 4.69) is 57.2 Å². The van der Waals surface area contributed by atoms with Gasteiger partial charge in [-0.3, -0.25) is 0 Å². The van der Waals surface area contributed by atoms with Gasteiger partial charge in [-0.2, -0.15) is 0 Å². The van der Waals surface area contributed by atoms with Crippen LogP contribution in [0.1, 0.15) is 32.3 Å². The normalized spacial score (nSPS) is 27.3. The molecule has 1 aromatic rings. The maximum atomic E-state index is 5.95. The van der Waals surface area contributed by atoms with Crippen molar-refractivity contribution in [2.45, 2.75) is 32.8 Å². The van der Waals surface area contributed by atoms with Crippen LogP contribution in [-0.2, 0) is 4.74 Å². The van der Waals surface area contributed by atoms with Gasteiger partial charge in [0.2, 0.25) is 0 Å². The van der Waals surface area contributed by atoms with Crippen LogP contribution < -0.4 is 0 Å². The fraction of sp³-hybridized carbons (Fsp3) is 0.467. The van der Waals surface area contributed by atoms with Gasteiger partial charge >= 0.3 is 0 Å². The van der Waals surface area contributed by atoms with E-state index in [9.17, 15) is 0 Å². The quantitative estimate of drug-likeness (QED) is 0.684. The van der Waals surface area contributed by atoms with Crippen LogP contribution in [0, 0.1) is 5.92 Å². The van der Waals surface area contributed by atoms with Crippen molar-refractivity contribution in [2.24, 2.45) is 5.92 Å². The second-order valence-electron chi connectivity index (χ2n) is 4.85. The highest BCUT2D eigenvalue weighted by molar-refractivity contribution is 5.21. The fourth-order valence-electron chi connectivity index (χ4n) is 2.52. The summed E-state index contributed by atoms with van der Waals surface area (Å²) in [5.41, 5.74) is 2.72. The van der Waals surface area contributed by atoms with Crippen LogP contribution in [0.5, 0.6) is 0 Å². The van der Waals surface area contributed by atoms with E-state index >= 15 is 0 Å².